The van der Waals surface area contributed by atoms with Gasteiger partial charge in [-0.1, -0.05) is 19.9 Å². The highest BCUT2D eigenvalue weighted by Crippen LogP contribution is 2.30. The van der Waals surface area contributed by atoms with Gasteiger partial charge in [0.1, 0.15) is 25.1 Å². The average Bonchev–Trinajstić information content (AvgIpc) is 3.28. The highest BCUT2D eigenvalue weighted by molar-refractivity contribution is 6.58. The van der Waals surface area contributed by atoms with E-state index in [1.54, 1.807) is 13.8 Å². The molecule has 1 fully saturated rings. The number of nitrogens with one attached hydrogen (secondary N) is 4. The predicted molar refractivity (Wildman–Crippen MR) is 153 cm³/mol. The van der Waals surface area contributed by atoms with Gasteiger partial charge in [-0.2, -0.15) is 0 Å². The van der Waals surface area contributed by atoms with Crippen LogP contribution in [0.3, 0.4) is 0 Å². The molecular weight excluding hydrogens is 565 g/mol. The molecule has 0 saturated carbocycles. The minimum atomic E-state index is -1.05. The van der Waals surface area contributed by atoms with Crippen LogP contribution in [-0.2, 0) is 40.1 Å². The molecule has 1 aromatic rings. The second-order valence-corrected chi connectivity index (χ2v) is 9.93. The zero-order valence-electron chi connectivity index (χ0n) is 24.0. The van der Waals surface area contributed by atoms with Gasteiger partial charge in [0.2, 0.25) is 23.6 Å². The third kappa shape index (κ3) is 11.4. The maximum atomic E-state index is 13.3. The van der Waals surface area contributed by atoms with Gasteiger partial charge >= 0.3 is 12.1 Å². The normalized spacial score (nSPS) is 14.2. The smallest absolute Gasteiger partial charge is 0.409 e. The molecule has 43 heavy (non-hydrogen) atoms. The van der Waals surface area contributed by atoms with E-state index in [0.717, 1.165) is 4.90 Å². The number of nitrogens with zero attached hydrogens (tertiary/aromatic N) is 1. The van der Waals surface area contributed by atoms with E-state index < -0.39 is 60.1 Å². The number of hydrogen-bond donors (Lipinski definition) is 6. The number of nitrogens with two attached hydrogens (primary N) is 2. The molecule has 16 nitrogen and oxygen atoms in total. The van der Waals surface area contributed by atoms with Gasteiger partial charge in [-0.15, -0.1) is 0 Å². The van der Waals surface area contributed by atoms with Crippen molar-refractivity contribution in [1.29, 1.82) is 0 Å². The van der Waals surface area contributed by atoms with Crippen LogP contribution in [0.1, 0.15) is 45.1 Å². The molecule has 0 aromatic heterocycles. The van der Waals surface area contributed by atoms with E-state index >= 15 is 0 Å². The Morgan fingerprint density at radius 1 is 1.05 bits per heavy atom. The number of primary amides is 1. The van der Waals surface area contributed by atoms with Gasteiger partial charge in [0.05, 0.1) is 18.3 Å². The number of alkyl carbamates (subject to hydrolysis) is 1. The molecule has 17 heteroatoms. The fraction of sp³-hybridized carbons (Fsp3) is 0.500. The van der Waals surface area contributed by atoms with Crippen LogP contribution in [0.5, 0.6) is 0 Å². The van der Waals surface area contributed by atoms with Crippen molar-refractivity contribution in [2.24, 2.45) is 17.4 Å². The summed E-state index contributed by atoms with van der Waals surface area (Å²) in [6.45, 7) is 2.56. The molecule has 0 bridgehead atoms. The lowest BCUT2D eigenvalue weighted by atomic mass is 10.0. The number of hydrogen-bond acceptors (Lipinski definition) is 10. The van der Waals surface area contributed by atoms with Crippen molar-refractivity contribution in [2.75, 3.05) is 30.1 Å². The van der Waals surface area contributed by atoms with Crippen LogP contribution in [0.25, 0.3) is 0 Å². The summed E-state index contributed by atoms with van der Waals surface area (Å²) in [4.78, 5) is 85.6. The maximum Gasteiger partial charge on any atom is 0.409 e. The van der Waals surface area contributed by atoms with Gasteiger partial charge in [-0.05, 0) is 30.9 Å². The van der Waals surface area contributed by atoms with E-state index in [2.05, 4.69) is 21.3 Å². The Kier molecular flexibility index (Phi) is 13.6. The highest BCUT2D eigenvalue weighted by atomic mass is 16.6. The number of urea groups is 1. The number of anilines is 2. The van der Waals surface area contributed by atoms with Crippen LogP contribution >= 0.6 is 0 Å². The lowest BCUT2D eigenvalue weighted by Crippen LogP contribution is -2.51. The first-order valence-corrected chi connectivity index (χ1v) is 13.5. The first-order chi connectivity index (χ1) is 20.3. The van der Waals surface area contributed by atoms with Crippen molar-refractivity contribution in [3.05, 3.63) is 23.8 Å². The fourth-order valence-corrected chi connectivity index (χ4v) is 3.86. The number of rotatable bonds is 16. The van der Waals surface area contributed by atoms with Gasteiger partial charge < -0.3 is 41.7 Å². The summed E-state index contributed by atoms with van der Waals surface area (Å²) in [7, 11) is 4.95. The monoisotopic (exact) mass is 601 g/mol. The molecule has 1 unspecified atom stereocenters. The van der Waals surface area contributed by atoms with Crippen LogP contribution in [0.2, 0.25) is 0 Å². The maximum absolute atomic E-state index is 13.3. The summed E-state index contributed by atoms with van der Waals surface area (Å²) in [6.07, 6.45) is -0.515. The van der Waals surface area contributed by atoms with Crippen molar-refractivity contribution in [1.82, 2.24) is 16.0 Å². The number of amides is 7. The Bertz CT molecular complexity index is 1210. The molecule has 2 atom stereocenters. The van der Waals surface area contributed by atoms with Gasteiger partial charge in [0.25, 0.3) is 0 Å². The number of carbonyl (C=O) groups is 7. The molecule has 1 aliphatic heterocycles. The largest absolute Gasteiger partial charge is 0.445 e. The number of benzene rings is 1. The zero-order chi connectivity index (χ0) is 32.1. The second kappa shape index (κ2) is 16.8. The molecule has 1 aliphatic rings. The van der Waals surface area contributed by atoms with Gasteiger partial charge in [0, 0.05) is 30.6 Å². The van der Waals surface area contributed by atoms with E-state index in [9.17, 15) is 33.6 Å². The molecule has 2 rings (SSSR count). The van der Waals surface area contributed by atoms with Crippen LogP contribution in [-0.4, -0.2) is 81.2 Å². The van der Waals surface area contributed by atoms with E-state index in [0.29, 0.717) is 6.42 Å². The van der Waals surface area contributed by atoms with Gasteiger partial charge in [-0.25, -0.2) is 9.59 Å². The van der Waals surface area contributed by atoms with Crippen molar-refractivity contribution < 1.29 is 43.0 Å². The Morgan fingerprint density at radius 3 is 2.33 bits per heavy atom. The molecular formula is C26H36BN7O9. The Labute approximate surface area is 249 Å². The van der Waals surface area contributed by atoms with Crippen molar-refractivity contribution in [3.8, 4) is 0 Å². The Balaban J connectivity index is 2.22. The molecule has 8 N–H and O–H groups in total. The van der Waals surface area contributed by atoms with Crippen LogP contribution in [0.4, 0.5) is 21.0 Å². The second-order valence-electron chi connectivity index (χ2n) is 9.93. The van der Waals surface area contributed by atoms with Gasteiger partial charge in [0.15, 0.2) is 7.85 Å². The molecule has 2 radical (unpaired) electrons. The topological polar surface area (TPSA) is 241 Å². The van der Waals surface area contributed by atoms with Crippen LogP contribution in [0, 0.1) is 5.92 Å². The minimum Gasteiger partial charge on any atom is -0.445 e. The average molecular weight is 601 g/mol. The summed E-state index contributed by atoms with van der Waals surface area (Å²) < 4.78 is 9.97. The summed E-state index contributed by atoms with van der Waals surface area (Å²) in [5.41, 5.74) is 10.8. The summed E-state index contributed by atoms with van der Waals surface area (Å²) >= 11 is 0. The highest BCUT2D eigenvalue weighted by Gasteiger charge is 2.32. The molecule has 1 heterocycles. The van der Waals surface area contributed by atoms with Crippen LogP contribution in [0.15, 0.2) is 18.2 Å². The quantitative estimate of drug-likeness (QED) is 0.0590. The standard InChI is InChI=1S/C26H36BN7O9/c1-14(2)22(28)24(39)33-17(4-3-9-30-25(29)40)23(38)32-16-6-5-15(11-43-26(41)31-13-42-12-19(27)35)18(10-16)34-20(36)7-8-21(34)37/h5-6,10,14,17,22H,3-4,7-9,11-13,28H2,1-2H3,(H,31,41)(H,32,38)(H,33,39)(H3,29,30,40)/t17-,22?/m0/s1. The van der Waals surface area contributed by atoms with Crippen molar-refractivity contribution in [2.45, 2.75) is 58.2 Å². The van der Waals surface area contributed by atoms with Crippen molar-refractivity contribution >= 4 is 60.7 Å². The third-order valence-corrected chi connectivity index (χ3v) is 6.19. The molecule has 0 aliphatic carbocycles. The van der Waals surface area contributed by atoms with E-state index in [1.165, 1.54) is 18.2 Å². The molecule has 1 aromatic carbocycles. The summed E-state index contributed by atoms with van der Waals surface area (Å²) in [6, 6.07) is 1.65. The first kappa shape index (κ1) is 34.7. The lowest BCUT2D eigenvalue weighted by molar-refractivity contribution is -0.128. The zero-order valence-corrected chi connectivity index (χ0v) is 24.0. The fourth-order valence-electron chi connectivity index (χ4n) is 3.86. The molecule has 1 saturated heterocycles. The lowest BCUT2D eigenvalue weighted by Gasteiger charge is -2.23. The number of carbonyl (C=O) groups excluding carboxylic acids is 7. The predicted octanol–water partition coefficient (Wildman–Crippen LogP) is -0.909. The van der Waals surface area contributed by atoms with Gasteiger partial charge in [-0.3, -0.25) is 29.4 Å². The SMILES string of the molecule is [B]C(=O)COCNC(=O)OCc1ccc(NC(=O)[C@H](CCCNC(N)=O)NC(=O)C(N)C(C)C)cc1N1C(=O)CCC1=O. The molecule has 7 amide bonds. The number of imide groups is 1. The Hall–Kier alpha value is -4.51. The first-order valence-electron chi connectivity index (χ1n) is 13.5. The number of ether oxygens (including phenoxy) is 2. The summed E-state index contributed by atoms with van der Waals surface area (Å²) in [5.74, 6) is -2.31. The van der Waals surface area contributed by atoms with Crippen molar-refractivity contribution in [3.63, 3.8) is 0 Å². The van der Waals surface area contributed by atoms with E-state index in [-0.39, 0.29) is 62.0 Å². The Morgan fingerprint density at radius 2 is 1.72 bits per heavy atom. The molecule has 0 spiro atoms. The third-order valence-electron chi connectivity index (χ3n) is 6.19. The van der Waals surface area contributed by atoms with Crippen LogP contribution < -0.4 is 37.6 Å². The van der Waals surface area contributed by atoms with E-state index in [1.807, 2.05) is 0 Å². The minimum absolute atomic E-state index is 0.0169. The molecule has 232 valence electrons. The van der Waals surface area contributed by atoms with E-state index in [4.69, 9.17) is 28.8 Å². The summed E-state index contributed by atoms with van der Waals surface area (Å²) in [5, 5.41) is 9.95.